The standard InChI is InChI=1S/C8H9ClFNO2/c1-13-7-3-2-6(9)5(4-11-12)8(7)10/h2-3,11-12H,4H2,1H3. The molecule has 0 aliphatic rings. The molecule has 0 heterocycles. The highest BCUT2D eigenvalue weighted by molar-refractivity contribution is 6.31. The first-order chi connectivity index (χ1) is 6.20. The quantitative estimate of drug-likeness (QED) is 0.742. The Labute approximate surface area is 80.0 Å². The lowest BCUT2D eigenvalue weighted by Crippen LogP contribution is -2.09. The third kappa shape index (κ3) is 2.09. The molecule has 72 valence electrons. The van der Waals surface area contributed by atoms with E-state index in [0.717, 1.165) is 0 Å². The van der Waals surface area contributed by atoms with Crippen LogP contribution < -0.4 is 10.2 Å². The summed E-state index contributed by atoms with van der Waals surface area (Å²) in [5.74, 6) is -0.453. The number of halogens is 2. The molecule has 0 aliphatic carbocycles. The van der Waals surface area contributed by atoms with Crippen molar-refractivity contribution in [2.75, 3.05) is 7.11 Å². The van der Waals surface area contributed by atoms with Gasteiger partial charge >= 0.3 is 0 Å². The third-order valence-electron chi connectivity index (χ3n) is 1.63. The lowest BCUT2D eigenvalue weighted by Gasteiger charge is -2.08. The highest BCUT2D eigenvalue weighted by atomic mass is 35.5. The Morgan fingerprint density at radius 2 is 2.31 bits per heavy atom. The average Bonchev–Trinajstić information content (AvgIpc) is 2.12. The fraction of sp³-hybridized carbons (Fsp3) is 0.250. The maximum Gasteiger partial charge on any atom is 0.171 e. The smallest absolute Gasteiger partial charge is 0.171 e. The molecule has 1 aromatic rings. The predicted octanol–water partition coefficient (Wildman–Crippen LogP) is 1.97. The summed E-state index contributed by atoms with van der Waals surface area (Å²) in [6.07, 6.45) is 0. The van der Waals surface area contributed by atoms with E-state index < -0.39 is 5.82 Å². The van der Waals surface area contributed by atoms with Gasteiger partial charge in [-0.1, -0.05) is 11.6 Å². The number of rotatable bonds is 3. The molecular weight excluding hydrogens is 197 g/mol. The molecule has 0 unspecified atom stereocenters. The first-order valence-electron chi connectivity index (χ1n) is 3.58. The van der Waals surface area contributed by atoms with Gasteiger partial charge in [-0.15, -0.1) is 0 Å². The minimum atomic E-state index is -0.559. The van der Waals surface area contributed by atoms with Crippen molar-refractivity contribution in [2.45, 2.75) is 6.54 Å². The van der Waals surface area contributed by atoms with Crippen LogP contribution in [0.4, 0.5) is 4.39 Å². The maximum absolute atomic E-state index is 13.4. The number of benzene rings is 1. The zero-order chi connectivity index (χ0) is 9.84. The van der Waals surface area contributed by atoms with E-state index in [2.05, 4.69) is 0 Å². The van der Waals surface area contributed by atoms with Gasteiger partial charge in [-0.25, -0.2) is 9.87 Å². The van der Waals surface area contributed by atoms with Crippen molar-refractivity contribution in [3.63, 3.8) is 0 Å². The molecular formula is C8H9ClFNO2. The van der Waals surface area contributed by atoms with Gasteiger partial charge in [0.1, 0.15) is 0 Å². The van der Waals surface area contributed by atoms with Gasteiger partial charge in [0, 0.05) is 10.6 Å². The topological polar surface area (TPSA) is 41.5 Å². The Morgan fingerprint density at radius 1 is 1.62 bits per heavy atom. The maximum atomic E-state index is 13.4. The summed E-state index contributed by atoms with van der Waals surface area (Å²) in [5.41, 5.74) is 2.02. The monoisotopic (exact) mass is 205 g/mol. The molecule has 0 fully saturated rings. The number of hydrogen-bond donors (Lipinski definition) is 2. The summed E-state index contributed by atoms with van der Waals surface area (Å²) in [5, 5.41) is 8.67. The summed E-state index contributed by atoms with van der Waals surface area (Å²) in [6.45, 7) is -0.0537. The molecule has 0 spiro atoms. The number of hydrogen-bond acceptors (Lipinski definition) is 3. The molecule has 0 saturated carbocycles. The van der Waals surface area contributed by atoms with Crippen LogP contribution in [0.15, 0.2) is 12.1 Å². The predicted molar refractivity (Wildman–Crippen MR) is 46.6 cm³/mol. The molecule has 0 atom stereocenters. The van der Waals surface area contributed by atoms with Crippen LogP contribution in [-0.2, 0) is 6.54 Å². The Morgan fingerprint density at radius 3 is 2.85 bits per heavy atom. The van der Waals surface area contributed by atoms with Gasteiger partial charge in [0.05, 0.1) is 13.7 Å². The van der Waals surface area contributed by atoms with Gasteiger partial charge in [0.2, 0.25) is 0 Å². The molecule has 3 nitrogen and oxygen atoms in total. The van der Waals surface area contributed by atoms with Gasteiger partial charge in [-0.3, -0.25) is 0 Å². The lowest BCUT2D eigenvalue weighted by molar-refractivity contribution is 0.159. The molecule has 13 heavy (non-hydrogen) atoms. The Balaban J connectivity index is 3.13. The van der Waals surface area contributed by atoms with Crippen molar-refractivity contribution in [2.24, 2.45) is 0 Å². The van der Waals surface area contributed by atoms with Crippen molar-refractivity contribution < 1.29 is 14.3 Å². The van der Waals surface area contributed by atoms with Gasteiger partial charge in [0.15, 0.2) is 11.6 Å². The van der Waals surface area contributed by atoms with Crippen molar-refractivity contribution in [3.05, 3.63) is 28.5 Å². The largest absolute Gasteiger partial charge is 0.494 e. The second-order valence-electron chi connectivity index (χ2n) is 2.38. The van der Waals surface area contributed by atoms with E-state index in [1.165, 1.54) is 19.2 Å². The summed E-state index contributed by atoms with van der Waals surface area (Å²) in [4.78, 5) is 0. The molecule has 1 aromatic carbocycles. The molecule has 0 aromatic heterocycles. The highest BCUT2D eigenvalue weighted by Crippen LogP contribution is 2.26. The lowest BCUT2D eigenvalue weighted by atomic mass is 10.2. The third-order valence-corrected chi connectivity index (χ3v) is 1.98. The fourth-order valence-electron chi connectivity index (χ4n) is 0.975. The summed E-state index contributed by atoms with van der Waals surface area (Å²) < 4.78 is 18.1. The van der Waals surface area contributed by atoms with E-state index >= 15 is 0 Å². The minimum absolute atomic E-state index is 0.0537. The Bertz CT molecular complexity index is 306. The minimum Gasteiger partial charge on any atom is -0.494 e. The average molecular weight is 206 g/mol. The van der Waals surface area contributed by atoms with E-state index in [1.807, 2.05) is 5.48 Å². The first kappa shape index (κ1) is 10.2. The second-order valence-corrected chi connectivity index (χ2v) is 2.78. The summed E-state index contributed by atoms with van der Waals surface area (Å²) in [6, 6.07) is 2.94. The first-order valence-corrected chi connectivity index (χ1v) is 3.96. The zero-order valence-corrected chi connectivity index (χ0v) is 7.73. The van der Waals surface area contributed by atoms with Crippen LogP contribution >= 0.6 is 11.6 Å². The van der Waals surface area contributed by atoms with Crippen molar-refractivity contribution in [1.29, 1.82) is 0 Å². The van der Waals surface area contributed by atoms with Crippen LogP contribution in [0, 0.1) is 5.82 Å². The van der Waals surface area contributed by atoms with Crippen LogP contribution in [0.2, 0.25) is 5.02 Å². The van der Waals surface area contributed by atoms with Crippen molar-refractivity contribution >= 4 is 11.6 Å². The number of methoxy groups -OCH3 is 1. The fourth-order valence-corrected chi connectivity index (χ4v) is 1.19. The Kier molecular flexibility index (Phi) is 3.48. The zero-order valence-electron chi connectivity index (χ0n) is 6.97. The molecule has 0 aliphatic heterocycles. The van der Waals surface area contributed by atoms with Gasteiger partial charge in [0.25, 0.3) is 0 Å². The Hall–Kier alpha value is -0.840. The molecule has 0 radical (unpaired) electrons. The van der Waals surface area contributed by atoms with Crippen LogP contribution in [-0.4, -0.2) is 12.3 Å². The molecule has 0 saturated heterocycles. The van der Waals surface area contributed by atoms with E-state index in [4.69, 9.17) is 21.5 Å². The van der Waals surface area contributed by atoms with Crippen LogP contribution in [0.5, 0.6) is 5.75 Å². The molecule has 0 amide bonds. The van der Waals surface area contributed by atoms with E-state index in [0.29, 0.717) is 0 Å². The van der Waals surface area contributed by atoms with Gasteiger partial charge < -0.3 is 9.94 Å². The van der Waals surface area contributed by atoms with Crippen LogP contribution in [0.1, 0.15) is 5.56 Å². The number of ether oxygens (including phenoxy) is 1. The van der Waals surface area contributed by atoms with Gasteiger partial charge in [-0.2, -0.15) is 0 Å². The van der Waals surface area contributed by atoms with Crippen molar-refractivity contribution in [1.82, 2.24) is 5.48 Å². The second kappa shape index (κ2) is 4.41. The van der Waals surface area contributed by atoms with E-state index in [9.17, 15) is 4.39 Å². The normalized spacial score (nSPS) is 10.2. The van der Waals surface area contributed by atoms with Crippen LogP contribution in [0.25, 0.3) is 0 Å². The highest BCUT2D eigenvalue weighted by Gasteiger charge is 2.11. The number of nitrogens with one attached hydrogen (secondary N) is 1. The number of hydroxylamine groups is 1. The van der Waals surface area contributed by atoms with E-state index in [-0.39, 0.29) is 22.9 Å². The van der Waals surface area contributed by atoms with Crippen molar-refractivity contribution in [3.8, 4) is 5.75 Å². The van der Waals surface area contributed by atoms with Gasteiger partial charge in [-0.05, 0) is 12.1 Å². The SMILES string of the molecule is COc1ccc(Cl)c(CNO)c1F. The summed E-state index contributed by atoms with van der Waals surface area (Å²) in [7, 11) is 1.36. The molecule has 2 N–H and O–H groups in total. The summed E-state index contributed by atoms with van der Waals surface area (Å²) >= 11 is 5.69. The molecule has 1 rings (SSSR count). The van der Waals surface area contributed by atoms with E-state index in [1.54, 1.807) is 0 Å². The molecule has 5 heteroatoms. The van der Waals surface area contributed by atoms with Crippen LogP contribution in [0.3, 0.4) is 0 Å². The molecule has 0 bridgehead atoms.